The van der Waals surface area contributed by atoms with E-state index in [1.807, 2.05) is 6.07 Å². The zero-order valence-electron chi connectivity index (χ0n) is 12.8. The molecule has 1 aliphatic carbocycles. The van der Waals surface area contributed by atoms with Gasteiger partial charge in [0.05, 0.1) is 12.6 Å². The fourth-order valence-electron chi connectivity index (χ4n) is 2.75. The average Bonchev–Trinajstić information content (AvgIpc) is 2.63. The molecule has 2 atom stereocenters. The molecule has 0 unspecified atom stereocenters. The third-order valence-corrected chi connectivity index (χ3v) is 4.02. The van der Waals surface area contributed by atoms with Crippen LogP contribution < -0.4 is 5.32 Å². The molecule has 5 nitrogen and oxygen atoms in total. The maximum absolute atomic E-state index is 12.0. The smallest absolute Gasteiger partial charge is 0.233 e. The van der Waals surface area contributed by atoms with Crippen LogP contribution in [0.2, 0.25) is 0 Å². The molecular formula is C19H17NO4. The van der Waals surface area contributed by atoms with Crippen molar-refractivity contribution in [3.63, 3.8) is 0 Å². The Hall–Kier alpha value is -2.76. The normalized spacial score (nSPS) is 16.2. The van der Waals surface area contributed by atoms with E-state index in [4.69, 9.17) is 0 Å². The van der Waals surface area contributed by atoms with Crippen molar-refractivity contribution in [1.82, 2.24) is 5.32 Å². The first-order valence-electron chi connectivity index (χ1n) is 7.62. The van der Waals surface area contributed by atoms with Crippen LogP contribution in [0.3, 0.4) is 0 Å². The highest BCUT2D eigenvalue weighted by atomic mass is 16.3. The summed E-state index contributed by atoms with van der Waals surface area (Å²) in [4.78, 5) is 23.8. The molecule has 122 valence electrons. The Bertz CT molecular complexity index is 798. The first kappa shape index (κ1) is 16.1. The first-order valence-corrected chi connectivity index (χ1v) is 7.62. The minimum atomic E-state index is -0.961. The lowest BCUT2D eigenvalue weighted by Gasteiger charge is -2.27. The first-order chi connectivity index (χ1) is 11.6. The molecule has 0 saturated heterocycles. The summed E-state index contributed by atoms with van der Waals surface area (Å²) in [5.41, 5.74) is 1.97. The van der Waals surface area contributed by atoms with Crippen LogP contribution in [0.1, 0.15) is 27.6 Å². The molecule has 1 aliphatic rings. The third-order valence-electron chi connectivity index (χ3n) is 4.02. The predicted molar refractivity (Wildman–Crippen MR) is 89.2 cm³/mol. The Kier molecular flexibility index (Phi) is 4.55. The number of aliphatic hydroxyl groups excluding tert-OH is 2. The highest BCUT2D eigenvalue weighted by molar-refractivity contribution is 6.50. The van der Waals surface area contributed by atoms with Crippen LogP contribution in [0.25, 0.3) is 5.70 Å². The van der Waals surface area contributed by atoms with Gasteiger partial charge < -0.3 is 15.5 Å². The van der Waals surface area contributed by atoms with Gasteiger partial charge in [0.25, 0.3) is 0 Å². The number of Topliss-reactive ketones (excluding diaryl/α,β-unsaturated/α-hetero) is 1. The van der Waals surface area contributed by atoms with E-state index in [1.54, 1.807) is 48.5 Å². The molecule has 0 bridgehead atoms. The summed E-state index contributed by atoms with van der Waals surface area (Å²) in [6, 6.07) is 15.0. The van der Waals surface area contributed by atoms with E-state index in [2.05, 4.69) is 5.32 Å². The molecule has 0 heterocycles. The number of fused-ring (bicyclic) bond motifs is 1. The molecule has 0 radical (unpaired) electrons. The van der Waals surface area contributed by atoms with Gasteiger partial charge in [0.1, 0.15) is 6.10 Å². The summed E-state index contributed by atoms with van der Waals surface area (Å²) in [5.74, 6) is -1.18. The van der Waals surface area contributed by atoms with Gasteiger partial charge in [0.2, 0.25) is 11.6 Å². The lowest BCUT2D eigenvalue weighted by Crippen LogP contribution is -2.38. The summed E-state index contributed by atoms with van der Waals surface area (Å²) >= 11 is 0. The van der Waals surface area contributed by atoms with Crippen LogP contribution in [-0.2, 0) is 4.79 Å². The zero-order valence-corrected chi connectivity index (χ0v) is 12.8. The molecule has 0 amide bonds. The van der Waals surface area contributed by atoms with Crippen LogP contribution in [0.4, 0.5) is 0 Å². The van der Waals surface area contributed by atoms with E-state index in [9.17, 15) is 19.8 Å². The highest BCUT2D eigenvalue weighted by Gasteiger charge is 2.28. The van der Waals surface area contributed by atoms with Crippen molar-refractivity contribution in [3.05, 3.63) is 77.4 Å². The largest absolute Gasteiger partial charge is 0.394 e. The minimum Gasteiger partial charge on any atom is -0.394 e. The van der Waals surface area contributed by atoms with Crippen molar-refractivity contribution in [3.8, 4) is 0 Å². The number of ketones is 2. The number of aliphatic hydroxyl groups is 2. The van der Waals surface area contributed by atoms with Crippen LogP contribution in [0.15, 0.2) is 60.7 Å². The number of benzene rings is 2. The Morgan fingerprint density at radius 1 is 0.917 bits per heavy atom. The number of hydrogen-bond donors (Lipinski definition) is 3. The van der Waals surface area contributed by atoms with Gasteiger partial charge in [0, 0.05) is 22.9 Å². The molecule has 3 N–H and O–H groups in total. The molecule has 5 heteroatoms. The van der Waals surface area contributed by atoms with E-state index < -0.39 is 23.7 Å². The second kappa shape index (κ2) is 6.78. The molecule has 2 aromatic rings. The monoisotopic (exact) mass is 323 g/mol. The topological polar surface area (TPSA) is 86.6 Å². The average molecular weight is 323 g/mol. The third kappa shape index (κ3) is 2.99. The number of nitrogens with one attached hydrogen (secondary N) is 1. The van der Waals surface area contributed by atoms with Crippen molar-refractivity contribution in [1.29, 1.82) is 0 Å². The van der Waals surface area contributed by atoms with Crippen molar-refractivity contribution in [2.45, 2.75) is 12.1 Å². The van der Waals surface area contributed by atoms with Gasteiger partial charge in [-0.05, 0) is 5.56 Å². The molecule has 2 aromatic carbocycles. The van der Waals surface area contributed by atoms with Crippen molar-refractivity contribution in [2.24, 2.45) is 0 Å². The van der Waals surface area contributed by atoms with E-state index in [1.165, 1.54) is 6.08 Å². The second-order valence-electron chi connectivity index (χ2n) is 5.59. The van der Waals surface area contributed by atoms with Crippen molar-refractivity contribution in [2.75, 3.05) is 6.61 Å². The standard InChI is InChI=1S/C19H17NO4/c21-11-16(18(23)12-6-2-1-3-7-12)20-15-10-17(22)19(24)14-9-5-4-8-13(14)15/h1-10,16,18,20-21,23H,11H2/t16-,18+/m0/s1. The van der Waals surface area contributed by atoms with Gasteiger partial charge in [-0.2, -0.15) is 0 Å². The maximum Gasteiger partial charge on any atom is 0.233 e. The molecule has 0 fully saturated rings. The molecule has 0 spiro atoms. The van der Waals surface area contributed by atoms with Crippen LogP contribution in [0, 0.1) is 0 Å². The quantitative estimate of drug-likeness (QED) is 0.726. The van der Waals surface area contributed by atoms with Gasteiger partial charge in [-0.25, -0.2) is 0 Å². The van der Waals surface area contributed by atoms with Gasteiger partial charge >= 0.3 is 0 Å². The summed E-state index contributed by atoms with van der Waals surface area (Å²) in [6.45, 7) is -0.336. The van der Waals surface area contributed by atoms with Crippen LogP contribution in [0.5, 0.6) is 0 Å². The molecule has 3 rings (SSSR count). The fraction of sp³-hybridized carbons (Fsp3) is 0.158. The van der Waals surface area contributed by atoms with Crippen molar-refractivity contribution < 1.29 is 19.8 Å². The number of carbonyl (C=O) groups excluding carboxylic acids is 2. The molecular weight excluding hydrogens is 306 g/mol. The van der Waals surface area contributed by atoms with E-state index in [0.717, 1.165) is 0 Å². The van der Waals surface area contributed by atoms with Crippen LogP contribution >= 0.6 is 0 Å². The van der Waals surface area contributed by atoms with Crippen molar-refractivity contribution >= 4 is 17.3 Å². The molecule has 24 heavy (non-hydrogen) atoms. The summed E-state index contributed by atoms with van der Waals surface area (Å²) < 4.78 is 0. The Morgan fingerprint density at radius 3 is 2.21 bits per heavy atom. The van der Waals surface area contributed by atoms with Gasteiger partial charge in [0.15, 0.2) is 0 Å². The summed E-state index contributed by atoms with van der Waals surface area (Å²) in [5, 5.41) is 23.1. The zero-order chi connectivity index (χ0) is 17.1. The van der Waals surface area contributed by atoms with Gasteiger partial charge in [-0.3, -0.25) is 9.59 Å². The lowest BCUT2D eigenvalue weighted by atomic mass is 9.92. The minimum absolute atomic E-state index is 0.318. The van der Waals surface area contributed by atoms with Crippen LogP contribution in [-0.4, -0.2) is 34.4 Å². The second-order valence-corrected chi connectivity index (χ2v) is 5.59. The van der Waals surface area contributed by atoms with Gasteiger partial charge in [-0.15, -0.1) is 0 Å². The SMILES string of the molecule is O=C1C=C(N[C@@H](CO)[C@H](O)c2ccccc2)c2ccccc2C1=O. The lowest BCUT2D eigenvalue weighted by molar-refractivity contribution is -0.111. The number of allylic oxidation sites excluding steroid dienone is 1. The van der Waals surface area contributed by atoms with E-state index in [0.29, 0.717) is 22.4 Å². The Balaban J connectivity index is 1.90. The fourth-order valence-corrected chi connectivity index (χ4v) is 2.75. The Labute approximate surface area is 139 Å². The molecule has 0 aromatic heterocycles. The van der Waals surface area contributed by atoms with Gasteiger partial charge in [-0.1, -0.05) is 54.6 Å². The Morgan fingerprint density at radius 2 is 1.54 bits per heavy atom. The van der Waals surface area contributed by atoms with E-state index >= 15 is 0 Å². The number of rotatable bonds is 5. The number of hydrogen-bond acceptors (Lipinski definition) is 5. The summed E-state index contributed by atoms with van der Waals surface area (Å²) in [6.07, 6.45) is 0.252. The molecule has 0 saturated carbocycles. The van der Waals surface area contributed by atoms with E-state index in [-0.39, 0.29) is 6.61 Å². The predicted octanol–water partition coefficient (Wildman–Crippen LogP) is 1.48. The maximum atomic E-state index is 12.0. The highest BCUT2D eigenvalue weighted by Crippen LogP contribution is 2.25. The number of carbonyl (C=O) groups is 2. The summed E-state index contributed by atoms with van der Waals surface area (Å²) in [7, 11) is 0. The molecule has 0 aliphatic heterocycles.